The molecule has 0 saturated heterocycles. The fourth-order valence-corrected chi connectivity index (χ4v) is 3.14. The maximum absolute atomic E-state index is 6.27. The average Bonchev–Trinajstić information content (AvgIpc) is 2.85. The van der Waals surface area contributed by atoms with Crippen LogP contribution in [0.3, 0.4) is 0 Å². The number of rotatable bonds is 3. The lowest BCUT2D eigenvalue weighted by atomic mass is 10.0. The van der Waals surface area contributed by atoms with E-state index in [9.17, 15) is 0 Å². The third-order valence-electron chi connectivity index (χ3n) is 3.51. The van der Waals surface area contributed by atoms with Crippen LogP contribution in [-0.2, 0) is 6.42 Å². The van der Waals surface area contributed by atoms with Crippen molar-refractivity contribution in [2.24, 2.45) is 5.73 Å². The summed E-state index contributed by atoms with van der Waals surface area (Å²) in [7, 11) is 0. The molecule has 3 aromatic rings. The van der Waals surface area contributed by atoms with E-state index in [-0.39, 0.29) is 6.04 Å². The van der Waals surface area contributed by atoms with Gasteiger partial charge in [0.1, 0.15) is 11.3 Å². The van der Waals surface area contributed by atoms with E-state index in [2.05, 4.69) is 28.9 Å². The molecule has 2 nitrogen and oxygen atoms in total. The zero-order valence-electron chi connectivity index (χ0n) is 11.6. The van der Waals surface area contributed by atoms with Gasteiger partial charge in [-0.1, -0.05) is 45.2 Å². The molecule has 21 heavy (non-hydrogen) atoms. The van der Waals surface area contributed by atoms with Crippen LogP contribution in [0.4, 0.5) is 0 Å². The Morgan fingerprint density at radius 2 is 2.00 bits per heavy atom. The zero-order valence-corrected chi connectivity index (χ0v) is 13.9. The molecule has 1 aromatic heterocycles. The van der Waals surface area contributed by atoms with Gasteiger partial charge in [-0.05, 0) is 49.2 Å². The highest BCUT2D eigenvalue weighted by molar-refractivity contribution is 9.10. The summed E-state index contributed by atoms with van der Waals surface area (Å²) in [4.78, 5) is 0. The van der Waals surface area contributed by atoms with Gasteiger partial charge in [0, 0.05) is 14.9 Å². The minimum atomic E-state index is -0.212. The van der Waals surface area contributed by atoms with Gasteiger partial charge in [-0.3, -0.25) is 0 Å². The number of hydrogen-bond donors (Lipinski definition) is 1. The van der Waals surface area contributed by atoms with Crippen LogP contribution in [0.5, 0.6) is 0 Å². The highest BCUT2D eigenvalue weighted by Crippen LogP contribution is 2.28. The predicted molar refractivity (Wildman–Crippen MR) is 90.7 cm³/mol. The normalized spacial score (nSPS) is 12.8. The molecule has 2 N–H and O–H groups in total. The third-order valence-corrected chi connectivity index (χ3v) is 4.36. The highest BCUT2D eigenvalue weighted by Gasteiger charge is 2.14. The van der Waals surface area contributed by atoms with E-state index in [4.69, 9.17) is 21.8 Å². The van der Waals surface area contributed by atoms with Crippen molar-refractivity contribution in [3.63, 3.8) is 0 Å². The number of furan rings is 1. The summed E-state index contributed by atoms with van der Waals surface area (Å²) in [6.07, 6.45) is 0.644. The van der Waals surface area contributed by atoms with E-state index in [0.717, 1.165) is 26.8 Å². The van der Waals surface area contributed by atoms with Crippen LogP contribution in [0, 0.1) is 6.92 Å². The lowest BCUT2D eigenvalue weighted by molar-refractivity contribution is 0.494. The second-order valence-electron chi connectivity index (χ2n) is 5.24. The van der Waals surface area contributed by atoms with Crippen molar-refractivity contribution in [1.29, 1.82) is 0 Å². The van der Waals surface area contributed by atoms with Crippen LogP contribution in [0.1, 0.15) is 22.9 Å². The third kappa shape index (κ3) is 3.15. The van der Waals surface area contributed by atoms with Crippen molar-refractivity contribution in [2.45, 2.75) is 19.4 Å². The Bertz CT molecular complexity index is 797. The van der Waals surface area contributed by atoms with Gasteiger partial charge in [0.15, 0.2) is 0 Å². The van der Waals surface area contributed by atoms with E-state index in [0.29, 0.717) is 11.4 Å². The van der Waals surface area contributed by atoms with Crippen molar-refractivity contribution in [1.82, 2.24) is 0 Å². The van der Waals surface area contributed by atoms with E-state index in [1.165, 1.54) is 5.56 Å². The first-order valence-corrected chi connectivity index (χ1v) is 7.89. The van der Waals surface area contributed by atoms with Crippen LogP contribution in [0.15, 0.2) is 51.4 Å². The summed E-state index contributed by atoms with van der Waals surface area (Å²) in [5.41, 5.74) is 9.37. The minimum absolute atomic E-state index is 0.212. The van der Waals surface area contributed by atoms with E-state index in [1.807, 2.05) is 36.4 Å². The average molecular weight is 365 g/mol. The quantitative estimate of drug-likeness (QED) is 0.676. The summed E-state index contributed by atoms with van der Waals surface area (Å²) in [6.45, 7) is 2.06. The summed E-state index contributed by atoms with van der Waals surface area (Å²) in [6, 6.07) is 13.7. The molecular weight excluding hydrogens is 350 g/mol. The molecule has 3 rings (SSSR count). The SMILES string of the molecule is Cc1ccc2oc(C(N)Cc3ccc(Br)cc3Cl)cc2c1. The zero-order chi connectivity index (χ0) is 15.0. The molecule has 1 heterocycles. The number of hydrogen-bond acceptors (Lipinski definition) is 2. The van der Waals surface area contributed by atoms with E-state index < -0.39 is 0 Å². The van der Waals surface area contributed by atoms with Crippen LogP contribution >= 0.6 is 27.5 Å². The Hall–Kier alpha value is -1.29. The molecule has 0 aliphatic heterocycles. The molecule has 1 atom stereocenters. The molecule has 108 valence electrons. The topological polar surface area (TPSA) is 39.2 Å². The fourth-order valence-electron chi connectivity index (χ4n) is 2.39. The van der Waals surface area contributed by atoms with Crippen molar-refractivity contribution < 1.29 is 4.42 Å². The first kappa shape index (κ1) is 14.6. The molecule has 0 bridgehead atoms. The smallest absolute Gasteiger partial charge is 0.134 e. The van der Waals surface area contributed by atoms with Crippen molar-refractivity contribution in [2.75, 3.05) is 0 Å². The Kier molecular flexibility index (Phi) is 4.07. The molecular formula is C17H15BrClNO. The maximum Gasteiger partial charge on any atom is 0.134 e. The summed E-state index contributed by atoms with van der Waals surface area (Å²) in [5.74, 6) is 0.787. The van der Waals surface area contributed by atoms with Gasteiger partial charge in [-0.2, -0.15) is 0 Å². The lowest BCUT2D eigenvalue weighted by Crippen LogP contribution is -2.12. The van der Waals surface area contributed by atoms with Gasteiger partial charge in [-0.15, -0.1) is 0 Å². The molecule has 0 amide bonds. The van der Waals surface area contributed by atoms with E-state index >= 15 is 0 Å². The molecule has 4 heteroatoms. The molecule has 2 aromatic carbocycles. The lowest BCUT2D eigenvalue weighted by Gasteiger charge is -2.10. The number of benzene rings is 2. The molecule has 0 radical (unpaired) electrons. The second-order valence-corrected chi connectivity index (χ2v) is 6.56. The molecule has 0 aliphatic rings. The fraction of sp³-hybridized carbons (Fsp3) is 0.176. The number of fused-ring (bicyclic) bond motifs is 1. The number of aryl methyl sites for hydroxylation is 1. The molecule has 0 aliphatic carbocycles. The van der Waals surface area contributed by atoms with Crippen LogP contribution in [0.25, 0.3) is 11.0 Å². The monoisotopic (exact) mass is 363 g/mol. The van der Waals surface area contributed by atoms with Crippen molar-refractivity contribution >= 4 is 38.5 Å². The second kappa shape index (κ2) is 5.84. The number of halogens is 2. The van der Waals surface area contributed by atoms with Gasteiger partial charge in [0.25, 0.3) is 0 Å². The van der Waals surface area contributed by atoms with Crippen molar-refractivity contribution in [3.05, 3.63) is 68.8 Å². The van der Waals surface area contributed by atoms with Crippen LogP contribution < -0.4 is 5.73 Å². The Labute approximate surface area is 137 Å². The van der Waals surface area contributed by atoms with Gasteiger partial charge < -0.3 is 10.2 Å². The molecule has 0 fully saturated rings. The minimum Gasteiger partial charge on any atom is -0.459 e. The Morgan fingerprint density at radius 3 is 2.76 bits per heavy atom. The first-order valence-electron chi connectivity index (χ1n) is 6.72. The summed E-state index contributed by atoms with van der Waals surface area (Å²) >= 11 is 9.65. The predicted octanol–water partition coefficient (Wildman–Crippen LogP) is 5.40. The Morgan fingerprint density at radius 1 is 1.19 bits per heavy atom. The first-order chi connectivity index (χ1) is 10.0. The van der Waals surface area contributed by atoms with Gasteiger partial charge >= 0.3 is 0 Å². The summed E-state index contributed by atoms with van der Waals surface area (Å²) < 4.78 is 6.81. The van der Waals surface area contributed by atoms with Gasteiger partial charge in [0.2, 0.25) is 0 Å². The van der Waals surface area contributed by atoms with Crippen LogP contribution in [-0.4, -0.2) is 0 Å². The molecule has 1 unspecified atom stereocenters. The van der Waals surface area contributed by atoms with Gasteiger partial charge in [-0.25, -0.2) is 0 Å². The largest absolute Gasteiger partial charge is 0.459 e. The molecule has 0 spiro atoms. The van der Waals surface area contributed by atoms with Gasteiger partial charge in [0.05, 0.1) is 6.04 Å². The number of nitrogens with two attached hydrogens (primary N) is 1. The standard InChI is InChI=1S/C17H15BrClNO/c1-10-2-5-16-12(6-10)8-17(21-16)15(20)7-11-3-4-13(18)9-14(11)19/h2-6,8-9,15H,7,20H2,1H3. The maximum atomic E-state index is 6.27. The Balaban J connectivity index is 1.87. The summed E-state index contributed by atoms with van der Waals surface area (Å²) in [5, 5.41) is 1.80. The van der Waals surface area contributed by atoms with Crippen molar-refractivity contribution in [3.8, 4) is 0 Å². The highest BCUT2D eigenvalue weighted by atomic mass is 79.9. The van der Waals surface area contributed by atoms with Crippen LogP contribution in [0.2, 0.25) is 5.02 Å². The molecule has 0 saturated carbocycles. The van der Waals surface area contributed by atoms with E-state index in [1.54, 1.807) is 0 Å².